The monoisotopic (exact) mass is 300 g/mol. The number of anilines is 2. The summed E-state index contributed by atoms with van der Waals surface area (Å²) in [5.74, 6) is -0.342. The number of amides is 1. The summed E-state index contributed by atoms with van der Waals surface area (Å²) in [5, 5.41) is 14.0. The van der Waals surface area contributed by atoms with Crippen LogP contribution in [0.3, 0.4) is 0 Å². The van der Waals surface area contributed by atoms with Crippen molar-refractivity contribution in [2.75, 3.05) is 11.9 Å². The van der Waals surface area contributed by atoms with Crippen LogP contribution in [0.15, 0.2) is 35.7 Å². The summed E-state index contributed by atoms with van der Waals surface area (Å²) in [6.45, 7) is 3.29. The molecule has 0 unspecified atom stereocenters. The van der Waals surface area contributed by atoms with Crippen LogP contribution in [0.25, 0.3) is 0 Å². The first-order valence-electron chi connectivity index (χ1n) is 6.41. The van der Waals surface area contributed by atoms with Gasteiger partial charge in [0.05, 0.1) is 6.07 Å². The van der Waals surface area contributed by atoms with E-state index in [9.17, 15) is 4.79 Å². The number of carbonyl (C=O) groups is 1. The summed E-state index contributed by atoms with van der Waals surface area (Å²) in [4.78, 5) is 18.3. The second-order valence-corrected chi connectivity index (χ2v) is 5.94. The van der Waals surface area contributed by atoms with Gasteiger partial charge >= 0.3 is 0 Å². The molecule has 0 aliphatic heterocycles. The Kier molecular flexibility index (Phi) is 4.24. The number of nitrogens with zero attached hydrogens (tertiary/aromatic N) is 3. The van der Waals surface area contributed by atoms with Crippen molar-refractivity contribution in [1.82, 2.24) is 10.3 Å². The van der Waals surface area contributed by atoms with E-state index >= 15 is 0 Å². The normalized spacial score (nSPS) is 10.8. The standard InChI is InChI=1S/C15H16N4OS/c1-15(2,10-16)18-13(20)12-9-21-14(17-12)19(3)11-7-5-4-6-8-11/h4-9H,1-3H3,(H,18,20). The van der Waals surface area contributed by atoms with Gasteiger partial charge in [-0.05, 0) is 26.0 Å². The number of thiazole rings is 1. The predicted molar refractivity (Wildman–Crippen MR) is 83.8 cm³/mol. The van der Waals surface area contributed by atoms with Crippen molar-refractivity contribution in [1.29, 1.82) is 5.26 Å². The predicted octanol–water partition coefficient (Wildman–Crippen LogP) is 2.94. The molecule has 0 saturated carbocycles. The first-order chi connectivity index (χ1) is 9.93. The van der Waals surface area contributed by atoms with E-state index < -0.39 is 5.54 Å². The first kappa shape index (κ1) is 15.0. The van der Waals surface area contributed by atoms with E-state index in [1.54, 1.807) is 19.2 Å². The van der Waals surface area contributed by atoms with Gasteiger partial charge in [-0.3, -0.25) is 4.79 Å². The molecule has 1 aromatic heterocycles. The molecule has 21 heavy (non-hydrogen) atoms. The summed E-state index contributed by atoms with van der Waals surface area (Å²) in [7, 11) is 1.90. The highest BCUT2D eigenvalue weighted by molar-refractivity contribution is 7.14. The molecule has 1 amide bonds. The molecule has 0 saturated heterocycles. The zero-order valence-electron chi connectivity index (χ0n) is 12.1. The highest BCUT2D eigenvalue weighted by atomic mass is 32.1. The lowest BCUT2D eigenvalue weighted by atomic mass is 10.1. The van der Waals surface area contributed by atoms with Crippen LogP contribution >= 0.6 is 11.3 Å². The number of hydrogen-bond donors (Lipinski definition) is 1. The molecule has 2 rings (SSSR count). The topological polar surface area (TPSA) is 69.0 Å². The van der Waals surface area contributed by atoms with Crippen molar-refractivity contribution in [3.63, 3.8) is 0 Å². The molecule has 1 aromatic carbocycles. The zero-order valence-corrected chi connectivity index (χ0v) is 12.9. The Hall–Kier alpha value is -2.39. The maximum absolute atomic E-state index is 12.1. The van der Waals surface area contributed by atoms with E-state index in [2.05, 4.69) is 10.3 Å². The summed E-state index contributed by atoms with van der Waals surface area (Å²) < 4.78 is 0. The largest absolute Gasteiger partial charge is 0.333 e. The second-order valence-electron chi connectivity index (χ2n) is 5.10. The third kappa shape index (κ3) is 3.58. The molecule has 0 fully saturated rings. The summed E-state index contributed by atoms with van der Waals surface area (Å²) in [5.41, 5.74) is 0.406. The van der Waals surface area contributed by atoms with E-state index in [-0.39, 0.29) is 5.91 Å². The van der Waals surface area contributed by atoms with Gasteiger partial charge in [0, 0.05) is 18.1 Å². The number of carbonyl (C=O) groups excluding carboxylic acids is 1. The molecular formula is C15H16N4OS. The van der Waals surface area contributed by atoms with Gasteiger partial charge < -0.3 is 10.2 Å². The van der Waals surface area contributed by atoms with Gasteiger partial charge in [0.25, 0.3) is 5.91 Å². The Morgan fingerprint density at radius 1 is 1.38 bits per heavy atom. The molecule has 1 heterocycles. The Bertz CT molecular complexity index is 672. The van der Waals surface area contributed by atoms with Gasteiger partial charge in [0.1, 0.15) is 11.2 Å². The average Bonchev–Trinajstić information content (AvgIpc) is 2.97. The van der Waals surface area contributed by atoms with Crippen LogP contribution in [0.5, 0.6) is 0 Å². The minimum Gasteiger partial charge on any atom is -0.333 e. The minimum absolute atomic E-state index is 0.320. The Morgan fingerprint density at radius 2 is 2.05 bits per heavy atom. The van der Waals surface area contributed by atoms with Gasteiger partial charge in [-0.25, -0.2) is 4.98 Å². The van der Waals surface area contributed by atoms with Crippen molar-refractivity contribution in [2.45, 2.75) is 19.4 Å². The highest BCUT2D eigenvalue weighted by Gasteiger charge is 2.22. The quantitative estimate of drug-likeness (QED) is 0.942. The minimum atomic E-state index is -0.911. The Labute approximate surface area is 127 Å². The van der Waals surface area contributed by atoms with Crippen LogP contribution in [-0.2, 0) is 0 Å². The molecule has 0 aliphatic carbocycles. The van der Waals surface area contributed by atoms with Crippen molar-refractivity contribution in [3.8, 4) is 6.07 Å². The molecule has 5 nitrogen and oxygen atoms in total. The van der Waals surface area contributed by atoms with Crippen LogP contribution in [0.4, 0.5) is 10.8 Å². The van der Waals surface area contributed by atoms with Crippen molar-refractivity contribution in [2.24, 2.45) is 0 Å². The van der Waals surface area contributed by atoms with Crippen LogP contribution in [0.2, 0.25) is 0 Å². The first-order valence-corrected chi connectivity index (χ1v) is 7.29. The maximum Gasteiger partial charge on any atom is 0.272 e. The molecule has 108 valence electrons. The molecule has 2 aromatic rings. The van der Waals surface area contributed by atoms with Crippen LogP contribution in [0.1, 0.15) is 24.3 Å². The van der Waals surface area contributed by atoms with Gasteiger partial charge in [-0.2, -0.15) is 5.26 Å². The van der Waals surface area contributed by atoms with E-state index in [4.69, 9.17) is 5.26 Å². The Balaban J connectivity index is 2.15. The fourth-order valence-electron chi connectivity index (χ4n) is 1.66. The van der Waals surface area contributed by atoms with E-state index in [0.717, 1.165) is 10.8 Å². The molecule has 0 atom stereocenters. The van der Waals surface area contributed by atoms with Gasteiger partial charge in [0.2, 0.25) is 0 Å². The molecule has 1 N–H and O–H groups in total. The van der Waals surface area contributed by atoms with E-state index in [0.29, 0.717) is 5.69 Å². The lowest BCUT2D eigenvalue weighted by Crippen LogP contribution is -2.42. The third-order valence-electron chi connectivity index (χ3n) is 2.86. The van der Waals surface area contributed by atoms with Crippen LogP contribution < -0.4 is 10.2 Å². The van der Waals surface area contributed by atoms with Crippen LogP contribution in [-0.4, -0.2) is 23.5 Å². The average molecular weight is 300 g/mol. The number of nitriles is 1. The third-order valence-corrected chi connectivity index (χ3v) is 3.78. The smallest absolute Gasteiger partial charge is 0.272 e. The summed E-state index contributed by atoms with van der Waals surface area (Å²) in [6.07, 6.45) is 0. The number of rotatable bonds is 4. The number of para-hydroxylation sites is 1. The molecular weight excluding hydrogens is 284 g/mol. The van der Waals surface area contributed by atoms with Crippen molar-refractivity contribution in [3.05, 3.63) is 41.4 Å². The fourth-order valence-corrected chi connectivity index (χ4v) is 2.45. The molecule has 0 spiro atoms. The summed E-state index contributed by atoms with van der Waals surface area (Å²) >= 11 is 1.39. The van der Waals surface area contributed by atoms with Crippen molar-refractivity contribution < 1.29 is 4.79 Å². The number of hydrogen-bond acceptors (Lipinski definition) is 5. The Morgan fingerprint density at radius 3 is 2.67 bits per heavy atom. The second kappa shape index (κ2) is 5.94. The maximum atomic E-state index is 12.1. The number of benzene rings is 1. The lowest BCUT2D eigenvalue weighted by molar-refractivity contribution is 0.0925. The number of nitrogens with one attached hydrogen (secondary N) is 1. The molecule has 0 aliphatic rings. The lowest BCUT2D eigenvalue weighted by Gasteiger charge is -2.17. The van der Waals surface area contributed by atoms with Gasteiger partial charge in [-0.1, -0.05) is 18.2 Å². The molecule has 0 bridgehead atoms. The van der Waals surface area contributed by atoms with Gasteiger partial charge in [0.15, 0.2) is 5.13 Å². The fraction of sp³-hybridized carbons (Fsp3) is 0.267. The summed E-state index contributed by atoms with van der Waals surface area (Å²) in [6, 6.07) is 11.8. The van der Waals surface area contributed by atoms with E-state index in [1.807, 2.05) is 48.3 Å². The SMILES string of the molecule is CN(c1ccccc1)c1nc(C(=O)NC(C)(C)C#N)cs1. The van der Waals surface area contributed by atoms with Crippen LogP contribution in [0, 0.1) is 11.3 Å². The van der Waals surface area contributed by atoms with Gasteiger partial charge in [-0.15, -0.1) is 11.3 Å². The number of aromatic nitrogens is 1. The zero-order chi connectivity index (χ0) is 15.5. The van der Waals surface area contributed by atoms with Crippen molar-refractivity contribution >= 4 is 28.1 Å². The highest BCUT2D eigenvalue weighted by Crippen LogP contribution is 2.26. The van der Waals surface area contributed by atoms with E-state index in [1.165, 1.54) is 11.3 Å². The molecule has 6 heteroatoms. The molecule has 0 radical (unpaired) electrons.